The molecule has 0 aliphatic rings. The van der Waals surface area contributed by atoms with Crippen LogP contribution in [-0.2, 0) is 20.0 Å². The minimum absolute atomic E-state index is 0.167. The zero-order valence-corrected chi connectivity index (χ0v) is 18.1. The normalized spacial score (nSPS) is 11.6. The molecule has 0 aliphatic heterocycles. The van der Waals surface area contributed by atoms with Gasteiger partial charge in [-0.05, 0) is 48.6 Å². The van der Waals surface area contributed by atoms with E-state index in [1.165, 1.54) is 18.2 Å². The van der Waals surface area contributed by atoms with Gasteiger partial charge < -0.3 is 10.6 Å². The molecule has 0 atom stereocenters. The summed E-state index contributed by atoms with van der Waals surface area (Å²) in [5.41, 5.74) is 0.155. The number of carbonyl (C=O) groups excluding carboxylic acids is 1. The number of nitrogens with two attached hydrogens (primary N) is 2. The summed E-state index contributed by atoms with van der Waals surface area (Å²) in [4.78, 5) is 11.0. The van der Waals surface area contributed by atoms with Gasteiger partial charge >= 0.3 is 6.03 Å². The van der Waals surface area contributed by atoms with E-state index in [1.807, 2.05) is 0 Å². The monoisotopic (exact) mass is 497 g/mol. The number of primary sulfonamides is 2. The van der Waals surface area contributed by atoms with Crippen molar-refractivity contribution < 1.29 is 21.6 Å². The maximum Gasteiger partial charge on any atom is 0.325 e. The van der Waals surface area contributed by atoms with Crippen LogP contribution in [0.1, 0.15) is 0 Å². The second kappa shape index (κ2) is 8.79. The molecule has 2 amide bonds. The highest BCUT2D eigenvalue weighted by molar-refractivity contribution is 7.90. The molecule has 0 spiro atoms. The van der Waals surface area contributed by atoms with Gasteiger partial charge in [0.05, 0.1) is 20.6 Å². The van der Waals surface area contributed by atoms with Crippen LogP contribution in [0.15, 0.2) is 46.2 Å². The first-order chi connectivity index (χ1) is 13.3. The number of nitrogens with one attached hydrogen (secondary N) is 3. The van der Waals surface area contributed by atoms with Gasteiger partial charge in [0.15, 0.2) is 5.11 Å². The molecule has 2 aromatic rings. The van der Waals surface area contributed by atoms with Crippen LogP contribution >= 0.6 is 35.4 Å². The summed E-state index contributed by atoms with van der Waals surface area (Å²) in [6.45, 7) is 0. The Balaban J connectivity index is 2.17. The predicted octanol–water partition coefficient (Wildman–Crippen LogP) is 1.81. The summed E-state index contributed by atoms with van der Waals surface area (Å²) >= 11 is 16.6. The van der Waals surface area contributed by atoms with Crippen molar-refractivity contribution in [1.82, 2.24) is 5.32 Å². The van der Waals surface area contributed by atoms with Crippen LogP contribution in [0.2, 0.25) is 10.0 Å². The summed E-state index contributed by atoms with van der Waals surface area (Å²) < 4.78 is 46.4. The van der Waals surface area contributed by atoms with Crippen LogP contribution in [-0.4, -0.2) is 28.0 Å². The molecule has 0 fully saturated rings. The van der Waals surface area contributed by atoms with Gasteiger partial charge in [-0.1, -0.05) is 23.2 Å². The average Bonchev–Trinajstić information content (AvgIpc) is 2.56. The van der Waals surface area contributed by atoms with Gasteiger partial charge in [0, 0.05) is 5.69 Å². The number of thiocarbonyl (C=S) groups is 1. The Labute approximate surface area is 181 Å². The van der Waals surface area contributed by atoms with Crippen molar-refractivity contribution in [2.24, 2.45) is 10.3 Å². The number of hydrogen-bond acceptors (Lipinski definition) is 6. The topological polar surface area (TPSA) is 173 Å². The molecule has 0 bridgehead atoms. The summed E-state index contributed by atoms with van der Waals surface area (Å²) in [7, 11) is -8.52. The van der Waals surface area contributed by atoms with Crippen LogP contribution < -0.4 is 26.2 Å². The Kier molecular flexibility index (Phi) is 7.06. The summed E-state index contributed by atoms with van der Waals surface area (Å²) in [5, 5.41) is 17.5. The smallest absolute Gasteiger partial charge is 0.325 e. The number of rotatable bonds is 4. The number of sulfonamides is 2. The fourth-order valence-corrected chi connectivity index (χ4v) is 3.84. The van der Waals surface area contributed by atoms with Crippen molar-refractivity contribution in [3.05, 3.63) is 46.4 Å². The van der Waals surface area contributed by atoms with Crippen molar-refractivity contribution in [1.29, 1.82) is 0 Å². The standard InChI is InChI=1S/C14H13Cl2N5O5S3/c15-9-3-1-7(5-10(9)16)19-13(22)21-14(27)20-11-4-2-8(28(17,23)24)6-12(11)29(18,25)26/h1-6H,(H2,17,23,24)(H2,18,25,26)(H3,19,20,21,22,27). The number of amides is 2. The Morgan fingerprint density at radius 2 is 1.55 bits per heavy atom. The van der Waals surface area contributed by atoms with E-state index in [9.17, 15) is 21.6 Å². The number of benzene rings is 2. The lowest BCUT2D eigenvalue weighted by molar-refractivity contribution is 0.256. The molecule has 156 valence electrons. The molecule has 29 heavy (non-hydrogen) atoms. The third-order valence-electron chi connectivity index (χ3n) is 3.24. The Morgan fingerprint density at radius 3 is 2.10 bits per heavy atom. The molecule has 2 rings (SSSR count). The number of halogens is 2. The molecule has 2 aromatic carbocycles. The van der Waals surface area contributed by atoms with Crippen LogP contribution in [0.25, 0.3) is 0 Å². The van der Waals surface area contributed by atoms with E-state index in [0.717, 1.165) is 18.2 Å². The second-order valence-electron chi connectivity index (χ2n) is 5.41. The maximum absolute atomic E-state index is 12.0. The SMILES string of the molecule is NS(=O)(=O)c1ccc(NC(=S)NC(=O)Nc2ccc(Cl)c(Cl)c2)c(S(N)(=O)=O)c1. The first-order valence-corrected chi connectivity index (χ1v) is 11.6. The highest BCUT2D eigenvalue weighted by Crippen LogP contribution is 2.25. The van der Waals surface area contributed by atoms with Gasteiger partial charge in [0.25, 0.3) is 0 Å². The highest BCUT2D eigenvalue weighted by atomic mass is 35.5. The molecule has 0 aliphatic carbocycles. The summed E-state index contributed by atoms with van der Waals surface area (Å²) in [6, 6.07) is 6.52. The fraction of sp³-hybridized carbons (Fsp3) is 0. The van der Waals surface area contributed by atoms with E-state index in [0.29, 0.717) is 10.7 Å². The van der Waals surface area contributed by atoms with Crippen LogP contribution in [0.3, 0.4) is 0 Å². The number of anilines is 2. The predicted molar refractivity (Wildman–Crippen MR) is 114 cm³/mol. The van der Waals surface area contributed by atoms with Crippen molar-refractivity contribution in [3.63, 3.8) is 0 Å². The zero-order chi connectivity index (χ0) is 22.0. The van der Waals surface area contributed by atoms with Gasteiger partial charge in [0.1, 0.15) is 4.90 Å². The van der Waals surface area contributed by atoms with Crippen LogP contribution in [0.4, 0.5) is 16.2 Å². The fourth-order valence-electron chi connectivity index (χ4n) is 2.01. The van der Waals surface area contributed by atoms with Crippen molar-refractivity contribution >= 4 is 78.0 Å². The molecular formula is C14H13Cl2N5O5S3. The average molecular weight is 498 g/mol. The highest BCUT2D eigenvalue weighted by Gasteiger charge is 2.20. The first-order valence-electron chi connectivity index (χ1n) is 7.31. The molecule has 0 heterocycles. The molecule has 15 heteroatoms. The van der Waals surface area contributed by atoms with Gasteiger partial charge in [-0.2, -0.15) is 0 Å². The van der Waals surface area contributed by atoms with Crippen molar-refractivity contribution in [3.8, 4) is 0 Å². The summed E-state index contributed by atoms with van der Waals surface area (Å²) in [6.07, 6.45) is 0. The number of hydrogen-bond donors (Lipinski definition) is 5. The third kappa shape index (κ3) is 6.50. The Hall–Kier alpha value is -2.00. The molecule has 7 N–H and O–H groups in total. The Bertz CT molecular complexity index is 1200. The van der Waals surface area contributed by atoms with Crippen LogP contribution in [0, 0.1) is 0 Å². The molecule has 10 nitrogen and oxygen atoms in total. The van der Waals surface area contributed by atoms with E-state index in [4.69, 9.17) is 45.7 Å². The lowest BCUT2D eigenvalue weighted by atomic mass is 10.3. The molecular weight excluding hydrogens is 485 g/mol. The van der Waals surface area contributed by atoms with E-state index in [1.54, 1.807) is 0 Å². The van der Waals surface area contributed by atoms with Gasteiger partial charge in [-0.15, -0.1) is 0 Å². The molecule has 0 saturated heterocycles. The molecule has 0 aromatic heterocycles. The van der Waals surface area contributed by atoms with Crippen molar-refractivity contribution in [2.75, 3.05) is 10.6 Å². The van der Waals surface area contributed by atoms with E-state index in [-0.39, 0.29) is 15.8 Å². The maximum atomic E-state index is 12.0. The lowest BCUT2D eigenvalue weighted by Crippen LogP contribution is -2.37. The van der Waals surface area contributed by atoms with Crippen molar-refractivity contribution in [2.45, 2.75) is 9.79 Å². The lowest BCUT2D eigenvalue weighted by Gasteiger charge is -2.14. The van der Waals surface area contributed by atoms with Crippen LogP contribution in [0.5, 0.6) is 0 Å². The van der Waals surface area contributed by atoms with E-state index < -0.39 is 35.9 Å². The summed E-state index contributed by atoms with van der Waals surface area (Å²) in [5.74, 6) is 0. The third-order valence-corrected chi connectivity index (χ3v) is 6.05. The largest absolute Gasteiger partial charge is 0.331 e. The van der Waals surface area contributed by atoms with Gasteiger partial charge in [0.2, 0.25) is 20.0 Å². The minimum Gasteiger partial charge on any atom is -0.331 e. The zero-order valence-electron chi connectivity index (χ0n) is 14.1. The first kappa shape index (κ1) is 23.3. The molecule has 0 saturated carbocycles. The van der Waals surface area contributed by atoms with Gasteiger partial charge in [-0.25, -0.2) is 31.9 Å². The molecule has 0 unspecified atom stereocenters. The van der Waals surface area contributed by atoms with E-state index in [2.05, 4.69) is 16.0 Å². The van der Waals surface area contributed by atoms with Gasteiger partial charge in [-0.3, -0.25) is 5.32 Å². The number of carbonyl (C=O) groups is 1. The Morgan fingerprint density at radius 1 is 0.897 bits per heavy atom. The second-order valence-corrected chi connectivity index (χ2v) is 9.72. The number of urea groups is 1. The minimum atomic E-state index is -4.35. The molecule has 0 radical (unpaired) electrons. The quantitative estimate of drug-likeness (QED) is 0.400. The van der Waals surface area contributed by atoms with E-state index >= 15 is 0 Å².